The summed E-state index contributed by atoms with van der Waals surface area (Å²) in [5.41, 5.74) is 2.74. The molecule has 112 valence electrons. The van der Waals surface area contributed by atoms with E-state index in [2.05, 4.69) is 14.3 Å². The third kappa shape index (κ3) is 2.36. The lowest BCUT2D eigenvalue weighted by Gasteiger charge is -2.01. The Kier molecular flexibility index (Phi) is 3.13. The van der Waals surface area contributed by atoms with E-state index in [4.69, 9.17) is 0 Å². The van der Waals surface area contributed by atoms with Gasteiger partial charge in [-0.1, -0.05) is 24.3 Å². The lowest BCUT2D eigenvalue weighted by Crippen LogP contribution is -1.87. The Morgan fingerprint density at radius 3 is 2.57 bits per heavy atom. The van der Waals surface area contributed by atoms with Crippen LogP contribution < -0.4 is 0 Å². The number of H-pyrrole nitrogens is 1. The van der Waals surface area contributed by atoms with Crippen LogP contribution in [-0.2, 0) is 0 Å². The highest BCUT2D eigenvalue weighted by Crippen LogP contribution is 2.33. The molecule has 0 fully saturated rings. The molecular weight excluding hydrogens is 312 g/mol. The summed E-state index contributed by atoms with van der Waals surface area (Å²) in [5.74, 6) is 0.801. The molecule has 2 heterocycles. The Hall–Kier alpha value is -3.06. The zero-order valence-corrected chi connectivity index (χ0v) is 12.6. The van der Waals surface area contributed by atoms with Gasteiger partial charge in [0.25, 0.3) is 5.69 Å². The number of hydrogen-bond donors (Lipinski definition) is 1. The number of non-ortho nitro benzene ring substituents is 1. The van der Waals surface area contributed by atoms with E-state index in [1.54, 1.807) is 24.5 Å². The molecule has 1 N–H and O–H groups in total. The van der Waals surface area contributed by atoms with Crippen LogP contribution in [0, 0.1) is 10.1 Å². The molecule has 0 saturated carbocycles. The number of nitro benzene ring substituents is 1. The number of rotatable bonds is 3. The monoisotopic (exact) mass is 322 g/mol. The molecule has 7 heteroatoms. The smallest absolute Gasteiger partial charge is 0.270 e. The van der Waals surface area contributed by atoms with Crippen LogP contribution in [0.5, 0.6) is 0 Å². The Morgan fingerprint density at radius 2 is 1.87 bits per heavy atom. The zero-order valence-electron chi connectivity index (χ0n) is 11.8. The second-order valence-electron chi connectivity index (χ2n) is 4.98. The van der Waals surface area contributed by atoms with Crippen LogP contribution in [0.3, 0.4) is 0 Å². The third-order valence-electron chi connectivity index (χ3n) is 3.59. The van der Waals surface area contributed by atoms with Crippen LogP contribution in [0.15, 0.2) is 54.9 Å². The summed E-state index contributed by atoms with van der Waals surface area (Å²) in [6.45, 7) is 0. The lowest BCUT2D eigenvalue weighted by molar-refractivity contribution is -0.384. The first-order valence-corrected chi connectivity index (χ1v) is 7.64. The Balaban J connectivity index is 1.79. The summed E-state index contributed by atoms with van der Waals surface area (Å²) in [6, 6.07) is 12.6. The van der Waals surface area contributed by atoms with E-state index in [1.165, 1.54) is 17.6 Å². The highest BCUT2D eigenvalue weighted by Gasteiger charge is 2.13. The maximum absolute atomic E-state index is 11.0. The molecule has 0 atom stereocenters. The van der Waals surface area contributed by atoms with Crippen molar-refractivity contribution < 1.29 is 4.92 Å². The summed E-state index contributed by atoms with van der Waals surface area (Å²) in [6.07, 6.45) is 3.48. The highest BCUT2D eigenvalue weighted by molar-refractivity contribution is 7.13. The molecule has 4 rings (SSSR count). The molecule has 2 aromatic heterocycles. The van der Waals surface area contributed by atoms with Crippen LogP contribution in [0.25, 0.3) is 32.7 Å². The molecule has 0 saturated heterocycles. The number of nitrogens with zero attached hydrogens (tertiary/aromatic N) is 3. The van der Waals surface area contributed by atoms with Gasteiger partial charge in [0.15, 0.2) is 0 Å². The van der Waals surface area contributed by atoms with Gasteiger partial charge in [-0.3, -0.25) is 10.1 Å². The molecule has 4 aromatic rings. The summed E-state index contributed by atoms with van der Waals surface area (Å²) in [5, 5.41) is 11.8. The summed E-state index contributed by atoms with van der Waals surface area (Å²) in [7, 11) is 0. The fraction of sp³-hybridized carbons (Fsp3) is 0. The average Bonchev–Trinajstić information content (AvgIpc) is 3.24. The van der Waals surface area contributed by atoms with Crippen molar-refractivity contribution in [3.05, 3.63) is 65.0 Å². The molecule has 6 nitrogen and oxygen atoms in total. The second-order valence-corrected chi connectivity index (χ2v) is 5.79. The van der Waals surface area contributed by atoms with Crippen molar-refractivity contribution >= 4 is 27.3 Å². The molecule has 0 amide bonds. The van der Waals surface area contributed by atoms with Gasteiger partial charge in [0.2, 0.25) is 0 Å². The summed E-state index contributed by atoms with van der Waals surface area (Å²) in [4.78, 5) is 17.9. The van der Waals surface area contributed by atoms with Crippen LogP contribution in [-0.4, -0.2) is 19.3 Å². The van der Waals surface area contributed by atoms with Crippen molar-refractivity contribution in [2.24, 2.45) is 0 Å². The van der Waals surface area contributed by atoms with E-state index in [0.29, 0.717) is 0 Å². The van der Waals surface area contributed by atoms with Crippen LogP contribution in [0.4, 0.5) is 5.69 Å². The Morgan fingerprint density at radius 1 is 1.09 bits per heavy atom. The SMILES string of the molecule is O=[N+]([O-])c1ccc2snc(-c3ccc(-c4ncc[nH]4)cc3)c2c1. The van der Waals surface area contributed by atoms with Crippen molar-refractivity contribution in [3.8, 4) is 22.6 Å². The number of aromatic nitrogens is 3. The van der Waals surface area contributed by atoms with Crippen molar-refractivity contribution in [1.82, 2.24) is 14.3 Å². The number of fused-ring (bicyclic) bond motifs is 1. The van der Waals surface area contributed by atoms with Gasteiger partial charge < -0.3 is 4.98 Å². The number of aromatic amines is 1. The number of hydrogen-bond acceptors (Lipinski definition) is 5. The molecule has 0 unspecified atom stereocenters. The predicted octanol–water partition coefficient (Wildman–Crippen LogP) is 4.26. The first-order chi connectivity index (χ1) is 11.2. The van der Waals surface area contributed by atoms with Gasteiger partial charge >= 0.3 is 0 Å². The van der Waals surface area contributed by atoms with Crippen LogP contribution >= 0.6 is 11.5 Å². The molecule has 2 aromatic carbocycles. The maximum atomic E-state index is 11.0. The van der Waals surface area contributed by atoms with E-state index < -0.39 is 0 Å². The van der Waals surface area contributed by atoms with Gasteiger partial charge in [-0.2, -0.15) is 4.37 Å². The summed E-state index contributed by atoms with van der Waals surface area (Å²) >= 11 is 1.34. The van der Waals surface area contributed by atoms with Crippen LogP contribution in [0.2, 0.25) is 0 Å². The van der Waals surface area contributed by atoms with E-state index in [-0.39, 0.29) is 10.6 Å². The molecule has 0 spiro atoms. The van der Waals surface area contributed by atoms with Crippen molar-refractivity contribution in [3.63, 3.8) is 0 Å². The number of benzene rings is 2. The normalized spacial score (nSPS) is 11.0. The molecule has 23 heavy (non-hydrogen) atoms. The van der Waals surface area contributed by atoms with E-state index in [1.807, 2.05) is 24.3 Å². The zero-order chi connectivity index (χ0) is 15.8. The fourth-order valence-electron chi connectivity index (χ4n) is 2.46. The molecule has 0 aliphatic rings. The average molecular weight is 322 g/mol. The highest BCUT2D eigenvalue weighted by atomic mass is 32.1. The number of imidazole rings is 1. The van der Waals surface area contributed by atoms with Gasteiger partial charge in [-0.15, -0.1) is 0 Å². The standard InChI is InChI=1S/C16H10N4O2S/c21-20(22)12-5-6-14-13(9-12)15(19-23-14)10-1-3-11(4-2-10)16-17-7-8-18-16/h1-9H,(H,17,18). The fourth-order valence-corrected chi connectivity index (χ4v) is 3.23. The van der Waals surface area contributed by atoms with Crippen LogP contribution in [0.1, 0.15) is 0 Å². The number of nitrogens with one attached hydrogen (secondary N) is 1. The second kappa shape index (κ2) is 5.29. The minimum Gasteiger partial charge on any atom is -0.345 e. The Labute approximate surface area is 134 Å². The first-order valence-electron chi connectivity index (χ1n) is 6.86. The number of nitro groups is 1. The van der Waals surface area contributed by atoms with Gasteiger partial charge in [0.05, 0.1) is 15.3 Å². The third-order valence-corrected chi connectivity index (χ3v) is 4.42. The Bertz CT molecular complexity index is 991. The van der Waals surface area contributed by atoms with Crippen molar-refractivity contribution in [2.45, 2.75) is 0 Å². The van der Waals surface area contributed by atoms with Gasteiger partial charge in [0, 0.05) is 41.0 Å². The van der Waals surface area contributed by atoms with Crippen molar-refractivity contribution in [1.29, 1.82) is 0 Å². The maximum Gasteiger partial charge on any atom is 0.270 e. The van der Waals surface area contributed by atoms with Gasteiger partial charge in [0.1, 0.15) is 5.82 Å². The molecule has 0 aliphatic carbocycles. The van der Waals surface area contributed by atoms with Gasteiger partial charge in [-0.25, -0.2) is 4.98 Å². The first kappa shape index (κ1) is 13.6. The predicted molar refractivity (Wildman–Crippen MR) is 89.3 cm³/mol. The van der Waals surface area contributed by atoms with Gasteiger partial charge in [-0.05, 0) is 17.6 Å². The van der Waals surface area contributed by atoms with E-state index >= 15 is 0 Å². The van der Waals surface area contributed by atoms with Crippen molar-refractivity contribution in [2.75, 3.05) is 0 Å². The topological polar surface area (TPSA) is 84.7 Å². The largest absolute Gasteiger partial charge is 0.345 e. The minimum atomic E-state index is -0.388. The lowest BCUT2D eigenvalue weighted by atomic mass is 10.1. The van der Waals surface area contributed by atoms with E-state index in [0.717, 1.165) is 32.7 Å². The molecular formula is C16H10N4O2S. The molecule has 0 radical (unpaired) electrons. The summed E-state index contributed by atoms with van der Waals surface area (Å²) < 4.78 is 5.39. The minimum absolute atomic E-state index is 0.0751. The molecule has 0 aliphatic heterocycles. The quantitative estimate of drug-likeness (QED) is 0.451. The van der Waals surface area contributed by atoms with E-state index in [9.17, 15) is 10.1 Å². The molecule has 0 bridgehead atoms.